The molecule has 0 radical (unpaired) electrons. The molecule has 158 valence electrons. The molecule has 14 heteroatoms. The number of carbonyl (C=O) groups excluding carboxylic acids is 2. The highest BCUT2D eigenvalue weighted by molar-refractivity contribution is 7.89. The van der Waals surface area contributed by atoms with Gasteiger partial charge in [0.05, 0.1) is 27.8 Å². The first-order valence-electron chi connectivity index (χ1n) is 8.25. The fourth-order valence-electron chi connectivity index (χ4n) is 2.49. The molecular weight excluding hydrogens is 440 g/mol. The van der Waals surface area contributed by atoms with Gasteiger partial charge < -0.3 is 13.7 Å². The molecule has 30 heavy (non-hydrogen) atoms. The smallest absolute Gasteiger partial charge is 0.433 e. The van der Waals surface area contributed by atoms with Crippen molar-refractivity contribution in [3.63, 3.8) is 0 Å². The van der Waals surface area contributed by atoms with Gasteiger partial charge in [-0.2, -0.15) is 4.99 Å². The van der Waals surface area contributed by atoms with E-state index in [1.54, 1.807) is 6.92 Å². The summed E-state index contributed by atoms with van der Waals surface area (Å²) in [7, 11) is -3.97. The van der Waals surface area contributed by atoms with Crippen molar-refractivity contribution in [3.05, 3.63) is 51.0 Å². The Labute approximate surface area is 172 Å². The number of primary sulfonamides is 1. The highest BCUT2D eigenvalue weighted by atomic mass is 32.2. The number of nitrogens with zero attached hydrogens (tertiary/aromatic N) is 3. The van der Waals surface area contributed by atoms with Crippen molar-refractivity contribution in [1.82, 2.24) is 4.57 Å². The quantitative estimate of drug-likeness (QED) is 0.327. The number of esters is 1. The van der Waals surface area contributed by atoms with Crippen molar-refractivity contribution >= 4 is 49.3 Å². The standard InChI is InChI=1S/C16H14N4O8S2/c1-2-27-14(21)8-19-10-4-3-9(30(17,25)26)7-12(10)29-16(19)18-15(22)11-5-6-13(28-11)20(23)24/h3-7H,2,8H2,1H3,(H2,17,25,26). The largest absolute Gasteiger partial charge is 0.465 e. The van der Waals surface area contributed by atoms with Gasteiger partial charge in [0.2, 0.25) is 15.8 Å². The van der Waals surface area contributed by atoms with Gasteiger partial charge in [-0.05, 0) is 31.2 Å². The topological polar surface area (TPSA) is 177 Å². The number of hydrogen-bond acceptors (Lipinski definition) is 9. The SMILES string of the molecule is CCOC(=O)Cn1c(=NC(=O)c2ccc([N+](=O)[O-])o2)sc2cc(S(N)(=O)=O)ccc21. The zero-order valence-corrected chi connectivity index (χ0v) is 16.9. The van der Waals surface area contributed by atoms with E-state index < -0.39 is 32.7 Å². The Morgan fingerprint density at radius 2 is 2.07 bits per heavy atom. The number of amides is 1. The number of aromatic nitrogens is 1. The normalized spacial score (nSPS) is 12.3. The number of nitrogens with two attached hydrogens (primary N) is 1. The van der Waals surface area contributed by atoms with Crippen molar-refractivity contribution in [2.45, 2.75) is 18.4 Å². The van der Waals surface area contributed by atoms with Gasteiger partial charge in [0.15, 0.2) is 4.80 Å². The second-order valence-electron chi connectivity index (χ2n) is 5.76. The molecule has 3 rings (SSSR count). The minimum atomic E-state index is -3.97. The summed E-state index contributed by atoms with van der Waals surface area (Å²) in [5, 5.41) is 15.9. The molecule has 0 fully saturated rings. The van der Waals surface area contributed by atoms with Crippen molar-refractivity contribution in [3.8, 4) is 0 Å². The Morgan fingerprint density at radius 1 is 1.33 bits per heavy atom. The van der Waals surface area contributed by atoms with Crippen LogP contribution in [0.15, 0.2) is 44.6 Å². The fourth-order valence-corrected chi connectivity index (χ4v) is 4.17. The van der Waals surface area contributed by atoms with Crippen LogP contribution in [0.3, 0.4) is 0 Å². The van der Waals surface area contributed by atoms with Gasteiger partial charge >= 0.3 is 17.8 Å². The highest BCUT2D eigenvalue weighted by Crippen LogP contribution is 2.22. The van der Waals surface area contributed by atoms with E-state index in [9.17, 15) is 28.1 Å². The summed E-state index contributed by atoms with van der Waals surface area (Å²) < 4.78 is 34.7. The molecule has 2 heterocycles. The van der Waals surface area contributed by atoms with Crippen LogP contribution in [-0.4, -0.2) is 36.4 Å². The van der Waals surface area contributed by atoms with E-state index in [1.165, 1.54) is 22.8 Å². The second-order valence-corrected chi connectivity index (χ2v) is 8.33. The summed E-state index contributed by atoms with van der Waals surface area (Å²) in [5.74, 6) is -2.51. The molecule has 12 nitrogen and oxygen atoms in total. The summed E-state index contributed by atoms with van der Waals surface area (Å²) >= 11 is 0.922. The first kappa shape index (κ1) is 21.4. The lowest BCUT2D eigenvalue weighted by Gasteiger charge is -2.05. The Balaban J connectivity index is 2.14. The van der Waals surface area contributed by atoms with Gasteiger partial charge in [-0.1, -0.05) is 11.3 Å². The van der Waals surface area contributed by atoms with Gasteiger partial charge in [0.1, 0.15) is 11.5 Å². The Morgan fingerprint density at radius 3 is 2.67 bits per heavy atom. The molecule has 0 saturated carbocycles. The highest BCUT2D eigenvalue weighted by Gasteiger charge is 2.19. The minimum absolute atomic E-state index is 0.0358. The molecule has 0 unspecified atom stereocenters. The maximum absolute atomic E-state index is 12.4. The van der Waals surface area contributed by atoms with Gasteiger partial charge in [0, 0.05) is 0 Å². The Hall–Kier alpha value is -3.36. The number of fused-ring (bicyclic) bond motifs is 1. The van der Waals surface area contributed by atoms with Crippen LogP contribution in [0.2, 0.25) is 0 Å². The van der Waals surface area contributed by atoms with Crippen LogP contribution in [0.4, 0.5) is 5.88 Å². The van der Waals surface area contributed by atoms with Gasteiger partial charge in [-0.15, -0.1) is 0 Å². The predicted molar refractivity (Wildman–Crippen MR) is 103 cm³/mol. The molecule has 0 aliphatic carbocycles. The van der Waals surface area contributed by atoms with Crippen molar-refractivity contribution in [1.29, 1.82) is 0 Å². The van der Waals surface area contributed by atoms with Gasteiger partial charge in [-0.3, -0.25) is 19.7 Å². The van der Waals surface area contributed by atoms with E-state index >= 15 is 0 Å². The third-order valence-electron chi connectivity index (χ3n) is 3.76. The molecule has 2 N–H and O–H groups in total. The molecule has 0 atom stereocenters. The fraction of sp³-hybridized carbons (Fsp3) is 0.188. The van der Waals surface area contributed by atoms with E-state index in [0.717, 1.165) is 23.5 Å². The average molecular weight is 454 g/mol. The van der Waals surface area contributed by atoms with Crippen LogP contribution in [0.1, 0.15) is 17.5 Å². The molecule has 0 bridgehead atoms. The monoisotopic (exact) mass is 454 g/mol. The second kappa shape index (κ2) is 8.17. The lowest BCUT2D eigenvalue weighted by Crippen LogP contribution is -2.23. The number of benzene rings is 1. The third-order valence-corrected chi connectivity index (χ3v) is 5.71. The zero-order valence-electron chi connectivity index (χ0n) is 15.3. The Bertz CT molecular complexity index is 1330. The average Bonchev–Trinajstić information content (AvgIpc) is 3.27. The number of hydrogen-bond donors (Lipinski definition) is 1. The number of sulfonamides is 1. The zero-order chi connectivity index (χ0) is 22.1. The summed E-state index contributed by atoms with van der Waals surface area (Å²) in [6.45, 7) is 1.47. The summed E-state index contributed by atoms with van der Waals surface area (Å²) in [6.07, 6.45) is 0. The summed E-state index contributed by atoms with van der Waals surface area (Å²) in [4.78, 5) is 38.1. The molecule has 0 aliphatic heterocycles. The number of furan rings is 1. The number of nitro groups is 1. The van der Waals surface area contributed by atoms with Crippen LogP contribution < -0.4 is 9.94 Å². The molecule has 0 saturated heterocycles. The number of thiazole rings is 1. The molecule has 1 aromatic carbocycles. The third kappa shape index (κ3) is 4.45. The minimum Gasteiger partial charge on any atom is -0.465 e. The first-order valence-corrected chi connectivity index (χ1v) is 10.6. The molecule has 3 aromatic rings. The molecule has 0 aliphatic rings. The van der Waals surface area contributed by atoms with Crippen molar-refractivity contribution in [2.75, 3.05) is 6.61 Å². The van der Waals surface area contributed by atoms with Crippen molar-refractivity contribution < 1.29 is 32.1 Å². The molecule has 2 aromatic heterocycles. The first-order chi connectivity index (χ1) is 14.1. The van der Waals surface area contributed by atoms with Crippen LogP contribution in [-0.2, 0) is 26.1 Å². The van der Waals surface area contributed by atoms with E-state index in [4.69, 9.17) is 14.3 Å². The maximum atomic E-state index is 12.4. The summed E-state index contributed by atoms with van der Waals surface area (Å²) in [6, 6.07) is 6.09. The van der Waals surface area contributed by atoms with Crippen LogP contribution in [0.25, 0.3) is 10.2 Å². The van der Waals surface area contributed by atoms with Crippen molar-refractivity contribution in [2.24, 2.45) is 10.1 Å². The van der Waals surface area contributed by atoms with Gasteiger partial charge in [0.25, 0.3) is 0 Å². The number of carbonyl (C=O) groups is 2. The van der Waals surface area contributed by atoms with Crippen LogP contribution in [0.5, 0.6) is 0 Å². The van der Waals surface area contributed by atoms with E-state index in [0.29, 0.717) is 10.2 Å². The molecule has 1 amide bonds. The molecule has 0 spiro atoms. The van der Waals surface area contributed by atoms with E-state index in [-0.39, 0.29) is 28.6 Å². The molecular formula is C16H14N4O8S2. The lowest BCUT2D eigenvalue weighted by molar-refractivity contribution is -0.402. The maximum Gasteiger partial charge on any atom is 0.433 e. The predicted octanol–water partition coefficient (Wildman–Crippen LogP) is 1.16. The summed E-state index contributed by atoms with van der Waals surface area (Å²) in [5.41, 5.74) is 0.414. The number of ether oxygens (including phenoxy) is 1. The van der Waals surface area contributed by atoms with Crippen LogP contribution in [0, 0.1) is 10.1 Å². The Kier molecular flexibility index (Phi) is 5.82. The van der Waals surface area contributed by atoms with Crippen LogP contribution >= 0.6 is 11.3 Å². The van der Waals surface area contributed by atoms with E-state index in [1.807, 2.05) is 0 Å². The number of rotatable bonds is 6. The van der Waals surface area contributed by atoms with Gasteiger partial charge in [-0.25, -0.2) is 13.6 Å². The lowest BCUT2D eigenvalue weighted by atomic mass is 10.3. The van der Waals surface area contributed by atoms with E-state index in [2.05, 4.69) is 4.99 Å².